The zero-order chi connectivity index (χ0) is 15.2. The molecule has 1 rings (SSSR count). The molecule has 0 radical (unpaired) electrons. The lowest BCUT2D eigenvalue weighted by atomic mass is 9.93. The number of nitrogens with one attached hydrogen (secondary N) is 1. The molecule has 1 N–H and O–H groups in total. The minimum atomic E-state index is -0.224. The Morgan fingerprint density at radius 2 is 1.90 bits per heavy atom. The lowest BCUT2D eigenvalue weighted by molar-refractivity contribution is 0.424. The van der Waals surface area contributed by atoms with Crippen molar-refractivity contribution < 1.29 is 0 Å². The molecule has 0 aliphatic carbocycles. The number of benzene rings is 1. The van der Waals surface area contributed by atoms with Crippen molar-refractivity contribution in [1.82, 2.24) is 5.32 Å². The highest BCUT2D eigenvalue weighted by Crippen LogP contribution is 2.26. The normalized spacial score (nSPS) is 12.2. The highest BCUT2D eigenvalue weighted by molar-refractivity contribution is 7.99. The first kappa shape index (κ1) is 17.1. The molecule has 0 aliphatic rings. The summed E-state index contributed by atoms with van der Waals surface area (Å²) in [5, 5.41) is 12.5. The number of hydrogen-bond acceptors (Lipinski definition) is 3. The van der Waals surface area contributed by atoms with Crippen molar-refractivity contribution in [3.63, 3.8) is 0 Å². The van der Waals surface area contributed by atoms with Gasteiger partial charge in [-0.2, -0.15) is 5.26 Å². The van der Waals surface area contributed by atoms with Crippen molar-refractivity contribution in [2.45, 2.75) is 58.0 Å². The second-order valence-corrected chi connectivity index (χ2v) is 8.01. The fourth-order valence-corrected chi connectivity index (χ4v) is 2.85. The van der Waals surface area contributed by atoms with Gasteiger partial charge in [-0.05, 0) is 64.5 Å². The Labute approximate surface area is 128 Å². The van der Waals surface area contributed by atoms with Crippen LogP contribution in [-0.2, 0) is 6.54 Å². The van der Waals surface area contributed by atoms with Gasteiger partial charge in [-0.1, -0.05) is 12.1 Å². The summed E-state index contributed by atoms with van der Waals surface area (Å²) in [6.07, 6.45) is 0.915. The lowest BCUT2D eigenvalue weighted by Crippen LogP contribution is -2.35. The van der Waals surface area contributed by atoms with Gasteiger partial charge in [0.25, 0.3) is 0 Å². The molecule has 2 nitrogen and oxygen atoms in total. The van der Waals surface area contributed by atoms with Gasteiger partial charge < -0.3 is 5.32 Å². The van der Waals surface area contributed by atoms with E-state index in [1.54, 1.807) is 0 Å². The number of nitrogens with zero attached hydrogens (tertiary/aromatic N) is 1. The minimum absolute atomic E-state index is 0.139. The van der Waals surface area contributed by atoms with Crippen molar-refractivity contribution >= 4 is 11.8 Å². The Hall–Kier alpha value is -0.980. The van der Waals surface area contributed by atoms with Crippen LogP contribution in [0.3, 0.4) is 0 Å². The fraction of sp³-hybridized carbons (Fsp3) is 0.588. The summed E-state index contributed by atoms with van der Waals surface area (Å²) in [7, 11) is 0. The molecule has 0 saturated carbocycles. The van der Waals surface area contributed by atoms with Crippen molar-refractivity contribution in [2.75, 3.05) is 5.75 Å². The third-order valence-electron chi connectivity index (χ3n) is 3.02. The van der Waals surface area contributed by atoms with E-state index in [9.17, 15) is 0 Å². The molecular formula is C17H26N2S. The summed E-state index contributed by atoms with van der Waals surface area (Å²) in [6.45, 7) is 11.4. The second kappa shape index (κ2) is 7.15. The smallest absolute Gasteiger partial charge is 0.0684 e. The standard InChI is InChI=1S/C17H26N2S/c1-16(2,3)19-12-14-7-6-8-15(11-14)20-10-9-17(4,5)13-18/h6-8,11,19H,9-10,12H2,1-5H3. The topological polar surface area (TPSA) is 35.8 Å². The van der Waals surface area contributed by atoms with E-state index in [2.05, 4.69) is 56.4 Å². The predicted octanol–water partition coefficient (Wildman–Crippen LogP) is 4.61. The van der Waals surface area contributed by atoms with Crippen molar-refractivity contribution in [3.05, 3.63) is 29.8 Å². The molecule has 3 heteroatoms. The number of nitriles is 1. The second-order valence-electron chi connectivity index (χ2n) is 6.85. The van der Waals surface area contributed by atoms with E-state index in [1.165, 1.54) is 10.5 Å². The first-order valence-corrected chi connectivity index (χ1v) is 8.08. The maximum atomic E-state index is 9.01. The van der Waals surface area contributed by atoms with Crippen molar-refractivity contribution in [2.24, 2.45) is 5.41 Å². The predicted molar refractivity (Wildman–Crippen MR) is 87.8 cm³/mol. The molecule has 0 unspecified atom stereocenters. The number of hydrogen-bond donors (Lipinski definition) is 1. The van der Waals surface area contributed by atoms with E-state index in [-0.39, 0.29) is 11.0 Å². The van der Waals surface area contributed by atoms with Crippen LogP contribution in [-0.4, -0.2) is 11.3 Å². The summed E-state index contributed by atoms with van der Waals surface area (Å²) in [5.74, 6) is 0.983. The molecule has 0 aliphatic heterocycles. The van der Waals surface area contributed by atoms with Crippen LogP contribution < -0.4 is 5.32 Å². The van der Waals surface area contributed by atoms with Crippen LogP contribution in [0.2, 0.25) is 0 Å². The Balaban J connectivity index is 2.50. The molecule has 1 aromatic rings. The Morgan fingerprint density at radius 3 is 2.50 bits per heavy atom. The highest BCUT2D eigenvalue weighted by Gasteiger charge is 2.16. The molecule has 0 fully saturated rings. The minimum Gasteiger partial charge on any atom is -0.308 e. The van der Waals surface area contributed by atoms with Crippen LogP contribution in [0.15, 0.2) is 29.2 Å². The van der Waals surface area contributed by atoms with Gasteiger partial charge in [0, 0.05) is 17.0 Å². The molecule has 0 atom stereocenters. The molecule has 0 bridgehead atoms. The van der Waals surface area contributed by atoms with Crippen LogP contribution in [0, 0.1) is 16.7 Å². The van der Waals surface area contributed by atoms with Crippen LogP contribution in [0.25, 0.3) is 0 Å². The van der Waals surface area contributed by atoms with Gasteiger partial charge >= 0.3 is 0 Å². The van der Waals surface area contributed by atoms with Crippen LogP contribution in [0.4, 0.5) is 0 Å². The van der Waals surface area contributed by atoms with Gasteiger partial charge in [0.05, 0.1) is 11.5 Å². The third kappa shape index (κ3) is 6.98. The summed E-state index contributed by atoms with van der Waals surface area (Å²) in [6, 6.07) is 11.0. The molecule has 0 saturated heterocycles. The summed E-state index contributed by atoms with van der Waals surface area (Å²) >= 11 is 1.83. The number of rotatable bonds is 6. The molecule has 0 heterocycles. The SMILES string of the molecule is CC(C)(C#N)CCSc1cccc(CNC(C)(C)C)c1. The van der Waals surface area contributed by atoms with Gasteiger partial charge in [-0.3, -0.25) is 0 Å². The van der Waals surface area contributed by atoms with E-state index < -0.39 is 0 Å². The molecule has 20 heavy (non-hydrogen) atoms. The molecule has 1 aromatic carbocycles. The summed E-state index contributed by atoms with van der Waals surface area (Å²) in [5.41, 5.74) is 1.22. The highest BCUT2D eigenvalue weighted by atomic mass is 32.2. The zero-order valence-corrected chi connectivity index (χ0v) is 14.1. The van der Waals surface area contributed by atoms with Gasteiger partial charge in [0.15, 0.2) is 0 Å². The van der Waals surface area contributed by atoms with Gasteiger partial charge in [0.2, 0.25) is 0 Å². The zero-order valence-electron chi connectivity index (χ0n) is 13.3. The van der Waals surface area contributed by atoms with Crippen LogP contribution >= 0.6 is 11.8 Å². The van der Waals surface area contributed by atoms with Crippen LogP contribution in [0.1, 0.15) is 46.6 Å². The molecule has 0 amide bonds. The van der Waals surface area contributed by atoms with Gasteiger partial charge in [-0.15, -0.1) is 11.8 Å². The Bertz CT molecular complexity index is 467. The molecule has 0 aromatic heterocycles. The third-order valence-corrected chi connectivity index (χ3v) is 4.02. The van der Waals surface area contributed by atoms with Crippen molar-refractivity contribution in [1.29, 1.82) is 5.26 Å². The fourth-order valence-electron chi connectivity index (χ4n) is 1.59. The average Bonchev–Trinajstić information content (AvgIpc) is 2.36. The average molecular weight is 290 g/mol. The van der Waals surface area contributed by atoms with E-state index in [0.717, 1.165) is 18.7 Å². The molecular weight excluding hydrogens is 264 g/mol. The summed E-state index contributed by atoms with van der Waals surface area (Å²) < 4.78 is 0. The number of thioether (sulfide) groups is 1. The largest absolute Gasteiger partial charge is 0.308 e. The van der Waals surface area contributed by atoms with E-state index in [1.807, 2.05) is 25.6 Å². The van der Waals surface area contributed by atoms with E-state index in [0.29, 0.717) is 0 Å². The van der Waals surface area contributed by atoms with Gasteiger partial charge in [0.1, 0.15) is 0 Å². The van der Waals surface area contributed by atoms with E-state index >= 15 is 0 Å². The Morgan fingerprint density at radius 1 is 1.20 bits per heavy atom. The van der Waals surface area contributed by atoms with Crippen molar-refractivity contribution in [3.8, 4) is 6.07 Å². The maximum absolute atomic E-state index is 9.01. The van der Waals surface area contributed by atoms with E-state index in [4.69, 9.17) is 5.26 Å². The maximum Gasteiger partial charge on any atom is 0.0684 e. The molecule has 110 valence electrons. The summed E-state index contributed by atoms with van der Waals surface area (Å²) in [4.78, 5) is 1.28. The van der Waals surface area contributed by atoms with Gasteiger partial charge in [-0.25, -0.2) is 0 Å². The monoisotopic (exact) mass is 290 g/mol. The van der Waals surface area contributed by atoms with Crippen LogP contribution in [0.5, 0.6) is 0 Å². The first-order valence-electron chi connectivity index (χ1n) is 7.10. The first-order chi connectivity index (χ1) is 9.22. The molecule has 0 spiro atoms. The Kier molecular flexibility index (Phi) is 6.10. The lowest BCUT2D eigenvalue weighted by Gasteiger charge is -2.20. The quantitative estimate of drug-likeness (QED) is 0.777.